The molecule has 2 saturated heterocycles. The van der Waals surface area contributed by atoms with Gasteiger partial charge in [-0.2, -0.15) is 0 Å². The summed E-state index contributed by atoms with van der Waals surface area (Å²) >= 11 is 6.94. The zero-order valence-corrected chi connectivity index (χ0v) is 21.5. The summed E-state index contributed by atoms with van der Waals surface area (Å²) in [5.74, 6) is -0.307. The van der Waals surface area contributed by atoms with Crippen LogP contribution in [0.3, 0.4) is 0 Å². The zero-order valence-electron chi connectivity index (χ0n) is 19.9. The van der Waals surface area contributed by atoms with E-state index in [-0.39, 0.29) is 23.6 Å². The molecule has 35 heavy (non-hydrogen) atoms. The summed E-state index contributed by atoms with van der Waals surface area (Å²) in [5, 5.41) is 0.253. The Kier molecular flexibility index (Phi) is 8.28. The fourth-order valence-corrected chi connectivity index (χ4v) is 5.08. The topological polar surface area (TPSA) is 64.2 Å². The van der Waals surface area contributed by atoms with Gasteiger partial charge < -0.3 is 9.80 Å². The van der Waals surface area contributed by atoms with Crippen LogP contribution in [0.4, 0.5) is 4.79 Å². The van der Waals surface area contributed by atoms with Crippen molar-refractivity contribution in [1.29, 1.82) is 0 Å². The van der Waals surface area contributed by atoms with Crippen LogP contribution in [0.2, 0.25) is 5.02 Å². The van der Waals surface area contributed by atoms with Gasteiger partial charge in [0.1, 0.15) is 0 Å². The maximum Gasteiger partial charge on any atom is 0.293 e. The van der Waals surface area contributed by atoms with Crippen molar-refractivity contribution in [2.24, 2.45) is 0 Å². The fourth-order valence-electron chi connectivity index (χ4n) is 4.03. The lowest BCUT2D eigenvalue weighted by Gasteiger charge is -2.35. The van der Waals surface area contributed by atoms with Gasteiger partial charge in [-0.15, -0.1) is 0 Å². The van der Waals surface area contributed by atoms with Gasteiger partial charge in [0.25, 0.3) is 17.1 Å². The van der Waals surface area contributed by atoms with E-state index < -0.39 is 0 Å². The summed E-state index contributed by atoms with van der Waals surface area (Å²) in [7, 11) is 4.13. The molecule has 2 fully saturated rings. The number of thioether (sulfide) groups is 1. The van der Waals surface area contributed by atoms with E-state index in [0.717, 1.165) is 49.1 Å². The SMILES string of the molecule is CN(C)CCN1CCN(C(=O)c2ccc(C=C3SC(=O)N(Cc4cccc(Cl)c4)C3=O)cc2)CC1. The molecule has 184 valence electrons. The monoisotopic (exact) mass is 512 g/mol. The van der Waals surface area contributed by atoms with Crippen molar-refractivity contribution >= 4 is 46.5 Å². The molecule has 2 aromatic rings. The number of hydrogen-bond acceptors (Lipinski definition) is 6. The average Bonchev–Trinajstić information content (AvgIpc) is 3.10. The summed E-state index contributed by atoms with van der Waals surface area (Å²) in [6.07, 6.45) is 1.70. The van der Waals surface area contributed by atoms with Crippen LogP contribution in [0, 0.1) is 0 Å². The van der Waals surface area contributed by atoms with E-state index in [0.29, 0.717) is 28.6 Å². The number of piperazine rings is 1. The van der Waals surface area contributed by atoms with Gasteiger partial charge in [0, 0.05) is 49.9 Å². The normalized spacial score (nSPS) is 18.2. The summed E-state index contributed by atoms with van der Waals surface area (Å²) in [4.78, 5) is 46.2. The number of hydrogen-bond donors (Lipinski definition) is 0. The lowest BCUT2D eigenvalue weighted by molar-refractivity contribution is -0.123. The average molecular weight is 513 g/mol. The Morgan fingerprint density at radius 1 is 1.06 bits per heavy atom. The maximum atomic E-state index is 12.9. The van der Waals surface area contributed by atoms with E-state index in [1.54, 1.807) is 36.4 Å². The van der Waals surface area contributed by atoms with Crippen LogP contribution >= 0.6 is 23.4 Å². The molecule has 0 N–H and O–H groups in total. The predicted molar refractivity (Wildman–Crippen MR) is 140 cm³/mol. The number of nitrogens with zero attached hydrogens (tertiary/aromatic N) is 4. The first-order valence-corrected chi connectivity index (χ1v) is 12.8. The molecule has 2 aromatic carbocycles. The molecular weight excluding hydrogens is 484 g/mol. The van der Waals surface area contributed by atoms with Crippen molar-refractivity contribution in [2.75, 3.05) is 53.4 Å². The second kappa shape index (κ2) is 11.4. The molecule has 0 radical (unpaired) electrons. The molecule has 0 spiro atoms. The number of carbonyl (C=O) groups is 3. The van der Waals surface area contributed by atoms with E-state index in [1.165, 1.54) is 4.90 Å². The highest BCUT2D eigenvalue weighted by Crippen LogP contribution is 2.33. The van der Waals surface area contributed by atoms with Gasteiger partial charge in [0.2, 0.25) is 0 Å². The third-order valence-electron chi connectivity index (χ3n) is 6.08. The van der Waals surface area contributed by atoms with Crippen LogP contribution in [0.25, 0.3) is 6.08 Å². The largest absolute Gasteiger partial charge is 0.336 e. The van der Waals surface area contributed by atoms with Gasteiger partial charge >= 0.3 is 0 Å². The zero-order chi connectivity index (χ0) is 24.9. The molecule has 0 bridgehead atoms. The molecule has 0 aliphatic carbocycles. The second-order valence-corrected chi connectivity index (χ2v) is 10.4. The van der Waals surface area contributed by atoms with Crippen molar-refractivity contribution < 1.29 is 14.4 Å². The standard InChI is InChI=1S/C26H29ClN4O3S/c1-28(2)10-11-29-12-14-30(15-13-29)24(32)21-8-6-19(7-9-21)17-23-25(33)31(26(34)35-23)18-20-4-3-5-22(27)16-20/h3-9,16-17H,10-15,18H2,1-2H3. The van der Waals surface area contributed by atoms with Crippen molar-refractivity contribution in [3.63, 3.8) is 0 Å². The molecule has 9 heteroatoms. The van der Waals surface area contributed by atoms with E-state index in [9.17, 15) is 14.4 Å². The van der Waals surface area contributed by atoms with Crippen molar-refractivity contribution in [3.05, 3.63) is 75.1 Å². The smallest absolute Gasteiger partial charge is 0.293 e. The molecule has 2 heterocycles. The minimum Gasteiger partial charge on any atom is -0.336 e. The number of amides is 3. The second-order valence-electron chi connectivity index (χ2n) is 8.96. The van der Waals surface area contributed by atoms with Crippen LogP contribution in [-0.4, -0.2) is 90.0 Å². The Hall–Kier alpha value is -2.65. The van der Waals surface area contributed by atoms with Crippen LogP contribution in [0.15, 0.2) is 53.4 Å². The Labute approximate surface area is 215 Å². The van der Waals surface area contributed by atoms with Crippen LogP contribution in [0.5, 0.6) is 0 Å². The number of imide groups is 1. The molecule has 0 unspecified atom stereocenters. The maximum absolute atomic E-state index is 12.9. The number of benzene rings is 2. The van der Waals surface area contributed by atoms with Gasteiger partial charge in [-0.05, 0) is 67.3 Å². The Balaban J connectivity index is 1.35. The summed E-state index contributed by atoms with van der Waals surface area (Å²) < 4.78 is 0. The lowest BCUT2D eigenvalue weighted by Crippen LogP contribution is -2.49. The number of rotatable bonds is 7. The van der Waals surface area contributed by atoms with Gasteiger partial charge in [0.05, 0.1) is 11.4 Å². The molecule has 2 aliphatic rings. The van der Waals surface area contributed by atoms with Crippen molar-refractivity contribution in [1.82, 2.24) is 19.6 Å². The molecule has 2 aliphatic heterocycles. The van der Waals surface area contributed by atoms with Crippen LogP contribution in [0.1, 0.15) is 21.5 Å². The third kappa shape index (κ3) is 6.52. The van der Waals surface area contributed by atoms with Gasteiger partial charge in [-0.3, -0.25) is 24.2 Å². The molecule has 0 saturated carbocycles. The molecule has 3 amide bonds. The van der Waals surface area contributed by atoms with Gasteiger partial charge in [0.15, 0.2) is 0 Å². The van der Waals surface area contributed by atoms with Crippen molar-refractivity contribution in [3.8, 4) is 0 Å². The number of likely N-dealkylation sites (N-methyl/N-ethyl adjacent to an activating group) is 1. The first-order chi connectivity index (χ1) is 16.8. The minimum absolute atomic E-state index is 0.0191. The summed E-state index contributed by atoms with van der Waals surface area (Å²) in [6, 6.07) is 14.3. The molecular formula is C26H29ClN4O3S. The quantitative estimate of drug-likeness (QED) is 0.524. The van der Waals surface area contributed by atoms with E-state index >= 15 is 0 Å². The molecule has 0 aromatic heterocycles. The highest BCUT2D eigenvalue weighted by Gasteiger charge is 2.35. The fraction of sp³-hybridized carbons (Fsp3) is 0.346. The number of halogens is 1. The Bertz CT molecular complexity index is 1130. The van der Waals surface area contributed by atoms with E-state index in [1.807, 2.05) is 23.1 Å². The summed E-state index contributed by atoms with van der Waals surface area (Å²) in [5.41, 5.74) is 2.18. The first-order valence-electron chi connectivity index (χ1n) is 11.6. The minimum atomic E-state index is -0.327. The highest BCUT2D eigenvalue weighted by atomic mass is 35.5. The summed E-state index contributed by atoms with van der Waals surface area (Å²) in [6.45, 7) is 5.38. The lowest BCUT2D eigenvalue weighted by atomic mass is 10.1. The number of carbonyl (C=O) groups excluding carboxylic acids is 3. The van der Waals surface area contributed by atoms with Gasteiger partial charge in [-0.1, -0.05) is 35.9 Å². The Morgan fingerprint density at radius 2 is 1.77 bits per heavy atom. The molecule has 4 rings (SSSR count). The molecule has 7 nitrogen and oxygen atoms in total. The van der Waals surface area contributed by atoms with Crippen LogP contribution in [-0.2, 0) is 11.3 Å². The molecule has 0 atom stereocenters. The Morgan fingerprint density at radius 3 is 2.43 bits per heavy atom. The highest BCUT2D eigenvalue weighted by molar-refractivity contribution is 8.18. The van der Waals surface area contributed by atoms with E-state index in [2.05, 4.69) is 23.9 Å². The predicted octanol–water partition coefficient (Wildman–Crippen LogP) is 3.90. The van der Waals surface area contributed by atoms with Crippen molar-refractivity contribution in [2.45, 2.75) is 6.54 Å². The van der Waals surface area contributed by atoms with E-state index in [4.69, 9.17) is 11.6 Å². The van der Waals surface area contributed by atoms with Gasteiger partial charge in [-0.25, -0.2) is 0 Å². The third-order valence-corrected chi connectivity index (χ3v) is 7.22. The van der Waals surface area contributed by atoms with Crippen LogP contribution < -0.4 is 0 Å². The first kappa shape index (κ1) is 25.4.